The summed E-state index contributed by atoms with van der Waals surface area (Å²) in [5.74, 6) is 3.73. The first-order valence-electron chi connectivity index (χ1n) is 35.9. The summed E-state index contributed by atoms with van der Waals surface area (Å²) in [6.07, 6.45) is 16.7. The van der Waals surface area contributed by atoms with E-state index in [4.69, 9.17) is 18.9 Å². The van der Waals surface area contributed by atoms with E-state index in [2.05, 4.69) is 101 Å². The van der Waals surface area contributed by atoms with Crippen LogP contribution in [0.1, 0.15) is 88.9 Å². The van der Waals surface area contributed by atoms with Crippen LogP contribution in [0, 0.1) is 13.8 Å². The first-order valence-corrected chi connectivity index (χ1v) is 35.9. The predicted octanol–water partition coefficient (Wildman–Crippen LogP) is 10.7. The molecule has 4 fully saturated rings. The molecule has 16 heterocycles. The smallest absolute Gasteiger partial charge is 0.232 e. The number of aromatic amines is 4. The monoisotopic (exact) mass is 1460 g/mol. The Hall–Kier alpha value is -10.7. The number of likely N-dealkylation sites (tertiary alicyclic amines) is 4. The Labute approximate surface area is 608 Å². The van der Waals surface area contributed by atoms with Crippen LogP contribution in [0.5, 0.6) is 23.5 Å². The van der Waals surface area contributed by atoms with E-state index in [-0.39, 0.29) is 24.2 Å². The van der Waals surface area contributed by atoms with Gasteiger partial charge in [-0.15, -0.1) is 0 Å². The van der Waals surface area contributed by atoms with Gasteiger partial charge in [-0.3, -0.25) is 18.7 Å². The number of hydrogen-bond acceptors (Lipinski definition) is 24. The van der Waals surface area contributed by atoms with Gasteiger partial charge in [-0.2, -0.15) is 60.3 Å². The summed E-state index contributed by atoms with van der Waals surface area (Å²) in [7, 11) is 7.75. The van der Waals surface area contributed by atoms with Crippen LogP contribution in [0.2, 0.25) is 0 Å². The third-order valence-corrected chi connectivity index (χ3v) is 19.1. The van der Waals surface area contributed by atoms with Crippen molar-refractivity contribution in [1.82, 2.24) is 119 Å². The highest BCUT2D eigenvalue weighted by Crippen LogP contribution is 2.35. The number of H-pyrrole nitrogens is 4. The average molecular weight is 1470 g/mol. The maximum absolute atomic E-state index is 14.5. The van der Waals surface area contributed by atoms with Gasteiger partial charge in [-0.05, 0) is 120 Å². The number of hydrogen-bond donors (Lipinski definition) is 8. The van der Waals surface area contributed by atoms with Gasteiger partial charge in [0.2, 0.25) is 47.3 Å². The van der Waals surface area contributed by atoms with Crippen molar-refractivity contribution in [3.63, 3.8) is 0 Å². The summed E-state index contributed by atoms with van der Waals surface area (Å²) in [6.45, 7) is 18.7. The molecule has 0 aromatic carbocycles. The first kappa shape index (κ1) is 73.6. The fourth-order valence-electron chi connectivity index (χ4n) is 13.6. The molecule has 0 amide bonds. The molecular weight excluding hydrogens is 1370 g/mol. The SMILES string of the molecule is CCOc1nc(Nc2cnn(C3CCN(C)CC3F)c2)nc2[nH]ccc12.CCOc1nc(Nc2cnn(C3CCN(C)CC3F)c2)nc2[nH]ccc12.CCOc1nc(Nc2cnn(C3CCN(C)CC3F)c2C)nc2[nH]ccc12.CCOc1nc(Nc2cnn(C3CCN(C)CC3F)c2C)nc2[nH]ccc12. The summed E-state index contributed by atoms with van der Waals surface area (Å²) < 4.78 is 87.0. The average Bonchev–Trinajstić information content (AvgIpc) is 1.65. The second-order valence-electron chi connectivity index (χ2n) is 26.7. The molecule has 8 atom stereocenters. The second kappa shape index (κ2) is 33.2. The molecule has 4 aliphatic heterocycles. The summed E-state index contributed by atoms with van der Waals surface area (Å²) in [5.41, 5.74) is 7.44. The summed E-state index contributed by atoms with van der Waals surface area (Å²) in [6, 6.07) is 6.54. The Morgan fingerprint density at radius 2 is 0.670 bits per heavy atom. The quantitative estimate of drug-likeness (QED) is 0.0329. The standard InChI is InChI=1S/2C18H24FN7O.2C17H22FN7O/c2*1-4-27-17-12-5-7-20-16(12)23-18(24-17)22-14-9-21-26(11(14)2)15-6-8-25(3)10-13(15)19;2*1-3-26-16-12-4-6-19-15(12)22-17(23-16)21-11-8-20-25(9-11)14-5-7-24(2)10-13(14)18/h2*5,7,9,13,15H,4,6,8,10H2,1-3H3,(H2,20,22,23,24);2*4,6,8-9,13-14H,3,5,7,10H2,1-2H3,(H2,19,21,22,23). The van der Waals surface area contributed by atoms with E-state index in [0.717, 1.165) is 96.2 Å². The van der Waals surface area contributed by atoms with Crippen LogP contribution < -0.4 is 40.2 Å². The fourth-order valence-corrected chi connectivity index (χ4v) is 13.6. The Kier molecular flexibility index (Phi) is 23.0. The lowest BCUT2D eigenvalue weighted by Crippen LogP contribution is -2.41. The molecule has 0 bridgehead atoms. The van der Waals surface area contributed by atoms with Crippen molar-refractivity contribution < 1.29 is 36.5 Å². The third-order valence-electron chi connectivity index (χ3n) is 19.1. The van der Waals surface area contributed by atoms with Crippen molar-refractivity contribution in [2.45, 2.75) is 116 Å². The van der Waals surface area contributed by atoms with E-state index in [1.54, 1.807) is 80.7 Å². The van der Waals surface area contributed by atoms with Crippen LogP contribution in [0.25, 0.3) is 44.1 Å². The lowest BCUT2D eigenvalue weighted by molar-refractivity contribution is 0.0993. The minimum absolute atomic E-state index is 0.243. The third kappa shape index (κ3) is 16.8. The van der Waals surface area contributed by atoms with E-state index in [1.807, 2.05) is 114 Å². The molecular formula is C70H92F4N28O4. The lowest BCUT2D eigenvalue weighted by Gasteiger charge is -2.32. The highest BCUT2D eigenvalue weighted by molar-refractivity contribution is 5.85. The minimum atomic E-state index is -0.939. The molecule has 12 aromatic rings. The largest absolute Gasteiger partial charge is 0.477 e. The summed E-state index contributed by atoms with van der Waals surface area (Å²) in [4.78, 5) is 55.9. The number of aromatic nitrogens is 20. The molecule has 106 heavy (non-hydrogen) atoms. The van der Waals surface area contributed by atoms with Gasteiger partial charge >= 0.3 is 0 Å². The molecule has 36 heteroatoms. The summed E-state index contributed by atoms with van der Waals surface area (Å²) >= 11 is 0. The fraction of sp³-hybridized carbons (Fsp3) is 0.486. The normalized spacial score (nSPS) is 21.0. The molecule has 564 valence electrons. The van der Waals surface area contributed by atoms with Gasteiger partial charge in [-0.1, -0.05) is 0 Å². The van der Waals surface area contributed by atoms with Crippen LogP contribution in [0.15, 0.2) is 86.2 Å². The van der Waals surface area contributed by atoms with E-state index in [1.165, 1.54) is 0 Å². The zero-order valence-corrected chi connectivity index (χ0v) is 61.1. The highest BCUT2D eigenvalue weighted by atomic mass is 19.1. The number of piperidine rings is 4. The van der Waals surface area contributed by atoms with Crippen molar-refractivity contribution in [1.29, 1.82) is 0 Å². The zero-order valence-electron chi connectivity index (χ0n) is 61.1. The Morgan fingerprint density at radius 3 is 0.953 bits per heavy atom. The Morgan fingerprint density at radius 1 is 0.387 bits per heavy atom. The molecule has 32 nitrogen and oxygen atoms in total. The second-order valence-corrected chi connectivity index (χ2v) is 26.7. The lowest BCUT2D eigenvalue weighted by atomic mass is 10.0. The van der Waals surface area contributed by atoms with Gasteiger partial charge in [0.25, 0.3) is 0 Å². The number of anilines is 8. The molecule has 12 aromatic heterocycles. The van der Waals surface area contributed by atoms with Crippen molar-refractivity contribution in [2.75, 3.05) is 128 Å². The van der Waals surface area contributed by atoms with Crippen molar-refractivity contribution >= 4 is 90.7 Å². The van der Waals surface area contributed by atoms with E-state index >= 15 is 0 Å². The molecule has 4 saturated heterocycles. The van der Waals surface area contributed by atoms with Gasteiger partial charge in [0.05, 0.1) is 131 Å². The molecule has 8 unspecified atom stereocenters. The maximum Gasteiger partial charge on any atom is 0.232 e. The van der Waals surface area contributed by atoms with Crippen LogP contribution >= 0.6 is 0 Å². The van der Waals surface area contributed by atoms with Crippen LogP contribution in [0.3, 0.4) is 0 Å². The zero-order chi connectivity index (χ0) is 74.1. The van der Waals surface area contributed by atoms with Gasteiger partial charge in [0, 0.05) is 89.5 Å². The molecule has 0 radical (unpaired) electrons. The number of nitrogens with zero attached hydrogens (tertiary/aromatic N) is 20. The molecule has 16 rings (SSSR count). The van der Waals surface area contributed by atoms with Crippen LogP contribution in [0.4, 0.5) is 64.1 Å². The van der Waals surface area contributed by atoms with Crippen molar-refractivity contribution in [3.05, 3.63) is 97.6 Å². The number of nitrogens with one attached hydrogen (secondary N) is 8. The van der Waals surface area contributed by atoms with Crippen molar-refractivity contribution in [3.8, 4) is 23.5 Å². The van der Waals surface area contributed by atoms with Gasteiger partial charge < -0.3 is 79.8 Å². The number of alkyl halides is 4. The molecule has 0 saturated carbocycles. The molecule has 4 aliphatic rings. The van der Waals surface area contributed by atoms with Gasteiger partial charge in [0.1, 0.15) is 47.3 Å². The number of fused-ring (bicyclic) bond motifs is 4. The number of rotatable bonds is 20. The minimum Gasteiger partial charge on any atom is -0.477 e. The maximum atomic E-state index is 14.5. The number of ether oxygens (including phenoxy) is 4. The topological polar surface area (TPSA) is 336 Å². The molecule has 0 spiro atoms. The van der Waals surface area contributed by atoms with Crippen LogP contribution in [-0.4, -0.2) is 250 Å². The predicted molar refractivity (Wildman–Crippen MR) is 396 cm³/mol. The summed E-state index contributed by atoms with van der Waals surface area (Å²) in [5, 5.41) is 33.5. The van der Waals surface area contributed by atoms with Gasteiger partial charge in [-0.25, -0.2) is 17.6 Å². The van der Waals surface area contributed by atoms with E-state index in [0.29, 0.717) is 134 Å². The van der Waals surface area contributed by atoms with Gasteiger partial charge in [0.15, 0.2) is 0 Å². The van der Waals surface area contributed by atoms with Crippen LogP contribution in [-0.2, 0) is 0 Å². The highest BCUT2D eigenvalue weighted by Gasteiger charge is 2.35. The Balaban J connectivity index is 0.000000125. The van der Waals surface area contributed by atoms with E-state index < -0.39 is 24.7 Å². The Bertz CT molecular complexity index is 4550. The molecule has 8 N–H and O–H groups in total. The number of halogens is 4. The van der Waals surface area contributed by atoms with Crippen molar-refractivity contribution in [2.24, 2.45) is 0 Å². The first-order chi connectivity index (χ1) is 51.4. The van der Waals surface area contributed by atoms with E-state index in [9.17, 15) is 17.6 Å². The molecule has 0 aliphatic carbocycles.